The molecule has 0 aliphatic carbocycles. The first-order chi connectivity index (χ1) is 10.0. The van der Waals surface area contributed by atoms with Crippen LogP contribution in [0.25, 0.3) is 0 Å². The minimum absolute atomic E-state index is 0.244. The van der Waals surface area contributed by atoms with E-state index in [0.717, 1.165) is 0 Å². The molecule has 2 fully saturated rings. The average molecular weight is 303 g/mol. The molecule has 2 unspecified atom stereocenters. The lowest BCUT2D eigenvalue weighted by molar-refractivity contribution is -0.160. The number of β-lactam (4-membered cyclic amide) rings is 1. The van der Waals surface area contributed by atoms with Gasteiger partial charge in [-0.25, -0.2) is 4.79 Å². The lowest BCUT2D eigenvalue weighted by Crippen LogP contribution is -2.69. The number of hydrogen-bond donors (Lipinski definition) is 1. The van der Waals surface area contributed by atoms with Crippen LogP contribution in [0.1, 0.15) is 10.4 Å². The highest BCUT2D eigenvalue weighted by atomic mass is 32.2. The smallest absolute Gasteiger partial charge is 0.330 e. The molecule has 21 heavy (non-hydrogen) atoms. The van der Waals surface area contributed by atoms with Crippen LogP contribution in [-0.4, -0.2) is 44.8 Å². The molecule has 6 heteroatoms. The summed E-state index contributed by atoms with van der Waals surface area (Å²) in [6.07, 6.45) is 0. The highest BCUT2D eigenvalue weighted by Crippen LogP contribution is 2.44. The Morgan fingerprint density at radius 3 is 2.57 bits per heavy atom. The number of thioether (sulfide) groups is 1. The van der Waals surface area contributed by atoms with Gasteiger partial charge in [-0.15, -0.1) is 11.8 Å². The molecule has 5 nitrogen and oxygen atoms in total. The molecular formula is C15H13NO4S. The summed E-state index contributed by atoms with van der Waals surface area (Å²) >= 11 is 1.40. The van der Waals surface area contributed by atoms with E-state index in [1.807, 2.05) is 0 Å². The number of rotatable bonds is 3. The van der Waals surface area contributed by atoms with Crippen LogP contribution < -0.4 is 0 Å². The van der Waals surface area contributed by atoms with Crippen molar-refractivity contribution in [3.05, 3.63) is 48.0 Å². The Labute approximate surface area is 125 Å². The summed E-state index contributed by atoms with van der Waals surface area (Å²) in [6.45, 7) is 3.72. The maximum Gasteiger partial charge on any atom is 0.330 e. The molecule has 3 rings (SSSR count). The van der Waals surface area contributed by atoms with E-state index in [-0.39, 0.29) is 5.78 Å². The van der Waals surface area contributed by atoms with Crippen LogP contribution in [0.5, 0.6) is 0 Å². The van der Waals surface area contributed by atoms with Gasteiger partial charge in [0.2, 0.25) is 5.91 Å². The van der Waals surface area contributed by atoms with Gasteiger partial charge in [0.1, 0.15) is 5.92 Å². The first kappa shape index (κ1) is 13.9. The maximum atomic E-state index is 12.4. The monoisotopic (exact) mass is 303 g/mol. The fraction of sp³-hybridized carbons (Fsp3) is 0.267. The molecule has 3 atom stereocenters. The van der Waals surface area contributed by atoms with Crippen molar-refractivity contribution in [1.29, 1.82) is 0 Å². The topological polar surface area (TPSA) is 74.7 Å². The number of benzene rings is 1. The minimum atomic E-state index is -1.09. The minimum Gasteiger partial charge on any atom is -0.479 e. The number of Topliss-reactive ketones (excluding diaryl/α,β-unsaturated/α-hetero) is 1. The van der Waals surface area contributed by atoms with Gasteiger partial charge in [0.25, 0.3) is 0 Å². The van der Waals surface area contributed by atoms with Crippen molar-refractivity contribution < 1.29 is 19.5 Å². The first-order valence-corrected chi connectivity index (χ1v) is 7.50. The van der Waals surface area contributed by atoms with Gasteiger partial charge in [0.15, 0.2) is 11.8 Å². The van der Waals surface area contributed by atoms with Crippen LogP contribution in [0.15, 0.2) is 42.5 Å². The van der Waals surface area contributed by atoms with Gasteiger partial charge in [-0.3, -0.25) is 9.59 Å². The number of carboxylic acid groups (broad SMARTS) is 1. The molecule has 2 aliphatic rings. The number of carboxylic acids is 1. The second-order valence-corrected chi connectivity index (χ2v) is 6.16. The van der Waals surface area contributed by atoms with Gasteiger partial charge in [-0.05, 0) is 5.57 Å². The fourth-order valence-electron chi connectivity index (χ4n) is 2.72. The van der Waals surface area contributed by atoms with Gasteiger partial charge in [-0.1, -0.05) is 36.9 Å². The van der Waals surface area contributed by atoms with Crippen LogP contribution in [0.3, 0.4) is 0 Å². The van der Waals surface area contributed by atoms with Gasteiger partial charge >= 0.3 is 5.97 Å². The van der Waals surface area contributed by atoms with E-state index in [1.165, 1.54) is 16.7 Å². The predicted octanol–water partition coefficient (Wildman–Crippen LogP) is 1.41. The number of carbonyl (C=O) groups excluding carboxylic acids is 2. The summed E-state index contributed by atoms with van der Waals surface area (Å²) < 4.78 is 0. The third kappa shape index (κ3) is 2.06. The molecule has 0 bridgehead atoms. The Hall–Kier alpha value is -2.08. The van der Waals surface area contributed by atoms with Gasteiger partial charge in [0.05, 0.1) is 5.37 Å². The second kappa shape index (κ2) is 5.04. The summed E-state index contributed by atoms with van der Waals surface area (Å²) in [5, 5.41) is 8.84. The lowest BCUT2D eigenvalue weighted by Gasteiger charge is -2.51. The standard InChI is InChI=1S/C15H13NO4S/c1-8-7-21-14-10(12(17)9-5-3-2-4-6-9)13(18)16(14)11(8)15(19)20/h2-6,10-11,14H,1,7H2,(H,19,20)/t10?,11?,14-/m0/s1. The van der Waals surface area contributed by atoms with Crippen molar-refractivity contribution in [2.24, 2.45) is 5.92 Å². The molecule has 0 spiro atoms. The van der Waals surface area contributed by atoms with Crippen LogP contribution in [0.4, 0.5) is 0 Å². The highest BCUT2D eigenvalue weighted by molar-refractivity contribution is 8.00. The van der Waals surface area contributed by atoms with E-state index < -0.39 is 29.2 Å². The van der Waals surface area contributed by atoms with E-state index in [1.54, 1.807) is 30.3 Å². The largest absolute Gasteiger partial charge is 0.479 e. The Kier molecular flexibility index (Phi) is 3.33. The molecule has 2 saturated heterocycles. The molecule has 0 saturated carbocycles. The molecule has 2 heterocycles. The average Bonchev–Trinajstić information content (AvgIpc) is 2.48. The number of amides is 1. The summed E-state index contributed by atoms with van der Waals surface area (Å²) in [5.41, 5.74) is 0.968. The highest BCUT2D eigenvalue weighted by Gasteiger charge is 2.58. The van der Waals surface area contributed by atoms with Crippen LogP contribution in [0.2, 0.25) is 0 Å². The van der Waals surface area contributed by atoms with E-state index in [0.29, 0.717) is 16.9 Å². The van der Waals surface area contributed by atoms with Crippen LogP contribution in [-0.2, 0) is 9.59 Å². The molecular weight excluding hydrogens is 290 g/mol. The van der Waals surface area contributed by atoms with Crippen molar-refractivity contribution >= 4 is 29.4 Å². The maximum absolute atomic E-state index is 12.4. The first-order valence-electron chi connectivity index (χ1n) is 6.46. The zero-order valence-corrected chi connectivity index (χ0v) is 11.9. The van der Waals surface area contributed by atoms with E-state index in [2.05, 4.69) is 6.58 Å². The number of fused-ring (bicyclic) bond motifs is 1. The number of hydrogen-bond acceptors (Lipinski definition) is 4. The third-order valence-corrected chi connectivity index (χ3v) is 5.14. The molecule has 108 valence electrons. The lowest BCUT2D eigenvalue weighted by atomic mass is 9.86. The SMILES string of the molecule is C=C1CS[C@H]2C(C(=O)c3ccccc3)C(=O)N2C1C(=O)O. The van der Waals surface area contributed by atoms with E-state index >= 15 is 0 Å². The molecule has 1 aromatic carbocycles. The van der Waals surface area contributed by atoms with Crippen molar-refractivity contribution in [1.82, 2.24) is 4.90 Å². The molecule has 0 aromatic heterocycles. The molecule has 1 N–H and O–H groups in total. The molecule has 1 aromatic rings. The zero-order valence-electron chi connectivity index (χ0n) is 11.1. The van der Waals surface area contributed by atoms with Gasteiger partial charge in [-0.2, -0.15) is 0 Å². The second-order valence-electron chi connectivity index (χ2n) is 5.05. The summed E-state index contributed by atoms with van der Waals surface area (Å²) in [6, 6.07) is 7.60. The molecule has 0 radical (unpaired) electrons. The number of aliphatic carboxylic acids is 1. The third-order valence-electron chi connectivity index (χ3n) is 3.76. The van der Waals surface area contributed by atoms with Gasteiger partial charge < -0.3 is 10.0 Å². The van der Waals surface area contributed by atoms with Crippen molar-refractivity contribution in [2.45, 2.75) is 11.4 Å². The van der Waals surface area contributed by atoms with Crippen molar-refractivity contribution in [3.63, 3.8) is 0 Å². The Bertz CT molecular complexity index is 642. The summed E-state index contributed by atoms with van der Waals surface area (Å²) in [7, 11) is 0. The summed E-state index contributed by atoms with van der Waals surface area (Å²) in [4.78, 5) is 37.2. The van der Waals surface area contributed by atoms with Crippen LogP contribution in [0, 0.1) is 5.92 Å². The molecule has 2 aliphatic heterocycles. The Morgan fingerprint density at radius 2 is 1.95 bits per heavy atom. The summed E-state index contributed by atoms with van der Waals surface area (Å²) in [5.74, 6) is -2.10. The van der Waals surface area contributed by atoms with Crippen molar-refractivity contribution in [2.75, 3.05) is 5.75 Å². The zero-order chi connectivity index (χ0) is 15.1. The van der Waals surface area contributed by atoms with E-state index in [9.17, 15) is 19.5 Å². The number of nitrogens with zero attached hydrogens (tertiary/aromatic N) is 1. The van der Waals surface area contributed by atoms with Crippen molar-refractivity contribution in [3.8, 4) is 0 Å². The Morgan fingerprint density at radius 1 is 1.29 bits per heavy atom. The Balaban J connectivity index is 1.86. The quantitative estimate of drug-likeness (QED) is 0.395. The molecule has 1 amide bonds. The fourth-order valence-corrected chi connectivity index (χ4v) is 4.08. The number of carbonyl (C=O) groups is 3. The normalized spacial score (nSPS) is 27.8. The van der Waals surface area contributed by atoms with E-state index in [4.69, 9.17) is 0 Å². The number of ketones is 1. The van der Waals surface area contributed by atoms with Gasteiger partial charge in [0, 0.05) is 11.3 Å². The predicted molar refractivity (Wildman–Crippen MR) is 77.9 cm³/mol. The van der Waals surface area contributed by atoms with Crippen LogP contribution >= 0.6 is 11.8 Å².